The number of fused-ring (bicyclic) bond motifs is 2. The SMILES string of the molecule is N/C(=N/O)c1c(Cl)cccc1OCC1CC2CCC1C2. The number of hydrogen-bond donors (Lipinski definition) is 2. The van der Waals surface area contributed by atoms with Gasteiger partial charge in [-0.3, -0.25) is 0 Å². The third-order valence-corrected chi connectivity index (χ3v) is 4.99. The van der Waals surface area contributed by atoms with E-state index in [1.807, 2.05) is 12.1 Å². The Morgan fingerprint density at radius 2 is 2.25 bits per heavy atom. The first-order valence-electron chi connectivity index (χ1n) is 7.08. The molecule has 2 aliphatic carbocycles. The molecule has 3 rings (SSSR count). The second kappa shape index (κ2) is 5.52. The minimum Gasteiger partial charge on any atom is -0.492 e. The Labute approximate surface area is 123 Å². The van der Waals surface area contributed by atoms with Crippen LogP contribution in [0.2, 0.25) is 5.02 Å². The first-order valence-corrected chi connectivity index (χ1v) is 7.46. The zero-order chi connectivity index (χ0) is 14.1. The van der Waals surface area contributed by atoms with Crippen LogP contribution in [0.15, 0.2) is 23.4 Å². The second-order valence-electron chi connectivity index (χ2n) is 5.84. The maximum Gasteiger partial charge on any atom is 0.175 e. The molecule has 2 saturated carbocycles. The number of halogens is 1. The molecule has 108 valence electrons. The lowest BCUT2D eigenvalue weighted by Gasteiger charge is -2.22. The summed E-state index contributed by atoms with van der Waals surface area (Å²) in [7, 11) is 0. The van der Waals surface area contributed by atoms with E-state index in [1.54, 1.807) is 6.07 Å². The van der Waals surface area contributed by atoms with Crippen LogP contribution in [-0.4, -0.2) is 17.6 Å². The second-order valence-corrected chi connectivity index (χ2v) is 6.25. The Bertz CT molecular complexity index is 533. The van der Waals surface area contributed by atoms with E-state index in [2.05, 4.69) is 5.16 Å². The van der Waals surface area contributed by atoms with Crippen molar-refractivity contribution in [2.45, 2.75) is 25.7 Å². The molecule has 0 spiro atoms. The van der Waals surface area contributed by atoms with Crippen LogP contribution in [0, 0.1) is 17.8 Å². The highest BCUT2D eigenvalue weighted by Gasteiger charge is 2.39. The van der Waals surface area contributed by atoms with Crippen LogP contribution in [0.4, 0.5) is 0 Å². The minimum absolute atomic E-state index is 0.0152. The number of rotatable bonds is 4. The molecular weight excluding hydrogens is 276 g/mol. The molecule has 3 N–H and O–H groups in total. The van der Waals surface area contributed by atoms with E-state index < -0.39 is 0 Å². The number of hydrogen-bond acceptors (Lipinski definition) is 3. The van der Waals surface area contributed by atoms with Gasteiger partial charge in [-0.1, -0.05) is 29.2 Å². The molecule has 3 atom stereocenters. The van der Waals surface area contributed by atoms with Crippen molar-refractivity contribution in [2.24, 2.45) is 28.6 Å². The molecule has 4 nitrogen and oxygen atoms in total. The number of benzene rings is 1. The predicted octanol–water partition coefficient (Wildman–Crippen LogP) is 3.25. The Morgan fingerprint density at radius 1 is 1.40 bits per heavy atom. The fraction of sp³-hybridized carbons (Fsp3) is 0.533. The van der Waals surface area contributed by atoms with E-state index in [1.165, 1.54) is 25.7 Å². The Kier molecular flexibility index (Phi) is 3.74. The Hall–Kier alpha value is -1.42. The average molecular weight is 295 g/mol. The van der Waals surface area contributed by atoms with Crippen LogP contribution >= 0.6 is 11.6 Å². The van der Waals surface area contributed by atoms with Crippen molar-refractivity contribution in [3.8, 4) is 5.75 Å². The molecule has 0 aliphatic heterocycles. The summed E-state index contributed by atoms with van der Waals surface area (Å²) in [5.74, 6) is 2.92. The number of nitrogens with zero attached hydrogens (tertiary/aromatic N) is 1. The quantitative estimate of drug-likeness (QED) is 0.388. The van der Waals surface area contributed by atoms with Gasteiger partial charge in [0.1, 0.15) is 5.75 Å². The lowest BCUT2D eigenvalue weighted by Crippen LogP contribution is -2.21. The maximum absolute atomic E-state index is 8.85. The third-order valence-electron chi connectivity index (χ3n) is 4.68. The van der Waals surface area contributed by atoms with Crippen molar-refractivity contribution < 1.29 is 9.94 Å². The number of oxime groups is 1. The van der Waals surface area contributed by atoms with Gasteiger partial charge >= 0.3 is 0 Å². The fourth-order valence-corrected chi connectivity index (χ4v) is 3.96. The zero-order valence-electron chi connectivity index (χ0n) is 11.3. The van der Waals surface area contributed by atoms with Gasteiger partial charge in [-0.05, 0) is 49.1 Å². The van der Waals surface area contributed by atoms with Crippen molar-refractivity contribution in [3.63, 3.8) is 0 Å². The van der Waals surface area contributed by atoms with Gasteiger partial charge < -0.3 is 15.7 Å². The highest BCUT2D eigenvalue weighted by atomic mass is 35.5. The molecule has 2 aliphatic rings. The van der Waals surface area contributed by atoms with Gasteiger partial charge in [0, 0.05) is 0 Å². The van der Waals surface area contributed by atoms with E-state index in [9.17, 15) is 0 Å². The number of ether oxygens (including phenoxy) is 1. The van der Waals surface area contributed by atoms with Gasteiger partial charge in [0.15, 0.2) is 5.84 Å². The van der Waals surface area contributed by atoms with Crippen molar-refractivity contribution in [3.05, 3.63) is 28.8 Å². The smallest absolute Gasteiger partial charge is 0.175 e. The lowest BCUT2D eigenvalue weighted by molar-refractivity contribution is 0.195. The summed E-state index contributed by atoms with van der Waals surface area (Å²) >= 11 is 6.11. The van der Waals surface area contributed by atoms with E-state index in [-0.39, 0.29) is 5.84 Å². The molecule has 0 heterocycles. The summed E-state index contributed by atoms with van der Waals surface area (Å²) in [6.07, 6.45) is 5.34. The van der Waals surface area contributed by atoms with Gasteiger partial charge in [-0.2, -0.15) is 0 Å². The number of nitrogens with two attached hydrogens (primary N) is 1. The van der Waals surface area contributed by atoms with E-state index in [0.717, 1.165) is 11.8 Å². The van der Waals surface area contributed by atoms with Crippen LogP contribution in [0.25, 0.3) is 0 Å². The summed E-state index contributed by atoms with van der Waals surface area (Å²) in [5.41, 5.74) is 6.15. The molecule has 2 bridgehead atoms. The molecule has 3 unspecified atom stereocenters. The van der Waals surface area contributed by atoms with Crippen molar-refractivity contribution in [1.29, 1.82) is 0 Å². The lowest BCUT2D eigenvalue weighted by atomic mass is 9.89. The largest absolute Gasteiger partial charge is 0.492 e. The van der Waals surface area contributed by atoms with Gasteiger partial charge in [-0.25, -0.2) is 0 Å². The number of amidine groups is 1. The van der Waals surface area contributed by atoms with Crippen LogP contribution in [0.3, 0.4) is 0 Å². The molecule has 0 saturated heterocycles. The van der Waals surface area contributed by atoms with Gasteiger partial charge in [0.25, 0.3) is 0 Å². The highest BCUT2D eigenvalue weighted by molar-refractivity contribution is 6.34. The zero-order valence-corrected chi connectivity index (χ0v) is 12.0. The van der Waals surface area contributed by atoms with Crippen LogP contribution < -0.4 is 10.5 Å². The molecule has 1 aromatic rings. The van der Waals surface area contributed by atoms with E-state index in [0.29, 0.717) is 28.9 Å². The van der Waals surface area contributed by atoms with E-state index >= 15 is 0 Å². The summed E-state index contributed by atoms with van der Waals surface area (Å²) < 4.78 is 5.92. The third kappa shape index (κ3) is 2.44. The average Bonchev–Trinajstić information content (AvgIpc) is 3.07. The van der Waals surface area contributed by atoms with Crippen molar-refractivity contribution >= 4 is 17.4 Å². The van der Waals surface area contributed by atoms with E-state index in [4.69, 9.17) is 27.3 Å². The topological polar surface area (TPSA) is 67.8 Å². The minimum atomic E-state index is -0.0152. The van der Waals surface area contributed by atoms with Crippen molar-refractivity contribution in [2.75, 3.05) is 6.61 Å². The summed E-state index contributed by atoms with van der Waals surface area (Å²) in [5, 5.41) is 12.3. The molecule has 1 aromatic carbocycles. The molecule has 0 aromatic heterocycles. The standard InChI is InChI=1S/C15H19ClN2O2/c16-12-2-1-3-13(14(12)15(17)18-19)20-8-11-7-9-4-5-10(11)6-9/h1-3,9-11,19H,4-8H2,(H2,17,18). The Balaban J connectivity index is 1.73. The normalized spacial score (nSPS) is 28.9. The maximum atomic E-state index is 8.85. The first kappa shape index (κ1) is 13.6. The highest BCUT2D eigenvalue weighted by Crippen LogP contribution is 2.48. The predicted molar refractivity (Wildman–Crippen MR) is 78.4 cm³/mol. The molecule has 5 heteroatoms. The summed E-state index contributed by atoms with van der Waals surface area (Å²) in [4.78, 5) is 0. The molecule has 20 heavy (non-hydrogen) atoms. The molecule has 0 radical (unpaired) electrons. The van der Waals surface area contributed by atoms with Crippen molar-refractivity contribution in [1.82, 2.24) is 0 Å². The first-order chi connectivity index (χ1) is 9.69. The van der Waals surface area contributed by atoms with Crippen LogP contribution in [-0.2, 0) is 0 Å². The fourth-order valence-electron chi connectivity index (χ4n) is 3.70. The van der Waals surface area contributed by atoms with Gasteiger partial charge in [-0.15, -0.1) is 0 Å². The van der Waals surface area contributed by atoms with Crippen LogP contribution in [0.5, 0.6) is 5.75 Å². The van der Waals surface area contributed by atoms with Gasteiger partial charge in [0.05, 0.1) is 17.2 Å². The van der Waals surface area contributed by atoms with Crippen LogP contribution in [0.1, 0.15) is 31.2 Å². The summed E-state index contributed by atoms with van der Waals surface area (Å²) in [6.45, 7) is 0.688. The van der Waals surface area contributed by atoms with Gasteiger partial charge in [0.2, 0.25) is 0 Å². The molecule has 2 fully saturated rings. The Morgan fingerprint density at radius 3 is 2.90 bits per heavy atom. The molecule has 0 amide bonds. The summed E-state index contributed by atoms with van der Waals surface area (Å²) in [6, 6.07) is 5.33. The monoisotopic (exact) mass is 294 g/mol. The molecular formula is C15H19ClN2O2.